The number of fused-ring (bicyclic) bond motifs is 1. The van der Waals surface area contributed by atoms with Gasteiger partial charge in [-0.2, -0.15) is 0 Å². The lowest BCUT2D eigenvalue weighted by atomic mass is 9.82. The number of benzene rings is 2. The first kappa shape index (κ1) is 12.8. The van der Waals surface area contributed by atoms with Gasteiger partial charge in [-0.3, -0.25) is 0 Å². The molecule has 0 fully saturated rings. The van der Waals surface area contributed by atoms with Gasteiger partial charge in [0.15, 0.2) is 0 Å². The Labute approximate surface area is 109 Å². The zero-order chi connectivity index (χ0) is 13.2. The third-order valence-corrected chi connectivity index (χ3v) is 3.76. The Bertz CT molecular complexity index is 554. The van der Waals surface area contributed by atoms with Gasteiger partial charge in [-0.05, 0) is 29.7 Å². The van der Waals surface area contributed by atoms with E-state index in [1.165, 1.54) is 16.3 Å². The molecule has 0 aliphatic heterocycles. The molecular weight excluding hydrogens is 220 g/mol. The monoisotopic (exact) mass is 240 g/mol. The van der Waals surface area contributed by atoms with Gasteiger partial charge in [0.1, 0.15) is 0 Å². The van der Waals surface area contributed by atoms with Gasteiger partial charge in [0.25, 0.3) is 0 Å². The minimum absolute atomic E-state index is 0.0834. The van der Waals surface area contributed by atoms with Crippen LogP contribution in [0.5, 0.6) is 0 Å². The van der Waals surface area contributed by atoms with Crippen LogP contribution in [0.25, 0.3) is 10.8 Å². The fourth-order valence-electron chi connectivity index (χ4n) is 2.31. The summed E-state index contributed by atoms with van der Waals surface area (Å²) in [5.41, 5.74) is 0.421. The van der Waals surface area contributed by atoms with E-state index in [1.54, 1.807) is 6.08 Å². The standard InChI is InChI=1S/C17H20O/c1-4-11-17(3,18)13(2)15-10-9-14-7-5-6-8-16(14)12-15/h4-10,12-13,18H,1,11H2,2-3H3/t13-,17-/m0/s1. The first-order chi connectivity index (χ1) is 8.54. The highest BCUT2D eigenvalue weighted by molar-refractivity contribution is 5.83. The number of aliphatic hydroxyl groups is 1. The second-order valence-electron chi connectivity index (χ2n) is 5.18. The topological polar surface area (TPSA) is 20.2 Å². The minimum atomic E-state index is -0.746. The molecule has 2 aromatic carbocycles. The Morgan fingerprint density at radius 3 is 2.56 bits per heavy atom. The average Bonchev–Trinajstić information content (AvgIpc) is 2.37. The van der Waals surface area contributed by atoms with Crippen molar-refractivity contribution in [1.29, 1.82) is 0 Å². The van der Waals surface area contributed by atoms with Crippen LogP contribution in [-0.4, -0.2) is 10.7 Å². The molecule has 1 heteroatoms. The van der Waals surface area contributed by atoms with E-state index in [2.05, 4.69) is 43.8 Å². The molecule has 1 N–H and O–H groups in total. The van der Waals surface area contributed by atoms with E-state index in [0.717, 1.165) is 0 Å². The highest BCUT2D eigenvalue weighted by atomic mass is 16.3. The molecule has 2 atom stereocenters. The maximum Gasteiger partial charge on any atom is 0.0719 e. The predicted octanol–water partition coefficient (Wildman–Crippen LogP) is 4.27. The van der Waals surface area contributed by atoms with E-state index in [0.29, 0.717) is 6.42 Å². The molecule has 0 unspecified atom stereocenters. The Morgan fingerprint density at radius 2 is 1.89 bits per heavy atom. The number of hydrogen-bond acceptors (Lipinski definition) is 1. The van der Waals surface area contributed by atoms with Crippen LogP contribution >= 0.6 is 0 Å². The van der Waals surface area contributed by atoms with Gasteiger partial charge >= 0.3 is 0 Å². The average molecular weight is 240 g/mol. The Morgan fingerprint density at radius 1 is 1.22 bits per heavy atom. The van der Waals surface area contributed by atoms with Crippen LogP contribution in [0.3, 0.4) is 0 Å². The van der Waals surface area contributed by atoms with Gasteiger partial charge in [-0.1, -0.05) is 55.5 Å². The maximum absolute atomic E-state index is 10.4. The summed E-state index contributed by atoms with van der Waals surface area (Å²) in [6.45, 7) is 7.64. The second-order valence-corrected chi connectivity index (χ2v) is 5.18. The zero-order valence-electron chi connectivity index (χ0n) is 11.1. The lowest BCUT2D eigenvalue weighted by molar-refractivity contribution is 0.0393. The molecule has 0 radical (unpaired) electrons. The van der Waals surface area contributed by atoms with Crippen molar-refractivity contribution in [2.45, 2.75) is 31.8 Å². The molecule has 0 heterocycles. The van der Waals surface area contributed by atoms with E-state index >= 15 is 0 Å². The lowest BCUT2D eigenvalue weighted by Gasteiger charge is -2.29. The Kier molecular flexibility index (Phi) is 3.53. The van der Waals surface area contributed by atoms with Crippen molar-refractivity contribution in [3.63, 3.8) is 0 Å². The molecular formula is C17H20O. The van der Waals surface area contributed by atoms with Crippen LogP contribution in [0.4, 0.5) is 0 Å². The Hall–Kier alpha value is -1.60. The van der Waals surface area contributed by atoms with Crippen LogP contribution in [0.15, 0.2) is 55.1 Å². The lowest BCUT2D eigenvalue weighted by Crippen LogP contribution is -2.30. The van der Waals surface area contributed by atoms with Crippen LogP contribution in [0, 0.1) is 0 Å². The molecule has 0 aliphatic carbocycles. The fraction of sp³-hybridized carbons (Fsp3) is 0.294. The summed E-state index contributed by atoms with van der Waals surface area (Å²) in [4.78, 5) is 0. The molecule has 0 spiro atoms. The molecule has 0 saturated heterocycles. The van der Waals surface area contributed by atoms with E-state index in [4.69, 9.17) is 0 Å². The summed E-state index contributed by atoms with van der Waals surface area (Å²) in [5, 5.41) is 12.9. The van der Waals surface area contributed by atoms with Crippen molar-refractivity contribution in [2.24, 2.45) is 0 Å². The van der Waals surface area contributed by atoms with E-state index in [-0.39, 0.29) is 5.92 Å². The van der Waals surface area contributed by atoms with Crippen LogP contribution < -0.4 is 0 Å². The van der Waals surface area contributed by atoms with E-state index in [9.17, 15) is 5.11 Å². The molecule has 2 aromatic rings. The number of rotatable bonds is 4. The predicted molar refractivity (Wildman–Crippen MR) is 77.8 cm³/mol. The van der Waals surface area contributed by atoms with Crippen LogP contribution in [0.2, 0.25) is 0 Å². The van der Waals surface area contributed by atoms with Gasteiger partial charge < -0.3 is 5.11 Å². The molecule has 18 heavy (non-hydrogen) atoms. The zero-order valence-corrected chi connectivity index (χ0v) is 11.1. The Balaban J connectivity index is 2.39. The van der Waals surface area contributed by atoms with Crippen molar-refractivity contribution in [3.8, 4) is 0 Å². The highest BCUT2D eigenvalue weighted by Gasteiger charge is 2.28. The fourth-order valence-corrected chi connectivity index (χ4v) is 2.31. The van der Waals surface area contributed by atoms with Gasteiger partial charge in [0.2, 0.25) is 0 Å². The third-order valence-electron chi connectivity index (χ3n) is 3.76. The highest BCUT2D eigenvalue weighted by Crippen LogP contribution is 2.32. The third kappa shape index (κ3) is 2.46. The van der Waals surface area contributed by atoms with Gasteiger partial charge in [0.05, 0.1) is 5.60 Å². The first-order valence-electron chi connectivity index (χ1n) is 6.36. The van der Waals surface area contributed by atoms with Crippen molar-refractivity contribution in [3.05, 3.63) is 60.7 Å². The van der Waals surface area contributed by atoms with Gasteiger partial charge in [-0.25, -0.2) is 0 Å². The van der Waals surface area contributed by atoms with Crippen LogP contribution in [0.1, 0.15) is 31.7 Å². The van der Waals surface area contributed by atoms with Gasteiger partial charge in [-0.15, -0.1) is 6.58 Å². The quantitative estimate of drug-likeness (QED) is 0.791. The molecule has 0 amide bonds. The van der Waals surface area contributed by atoms with Crippen molar-refractivity contribution < 1.29 is 5.11 Å². The summed E-state index contributed by atoms with van der Waals surface area (Å²) in [6.07, 6.45) is 2.37. The SMILES string of the molecule is C=CC[C@](C)(O)[C@@H](C)c1ccc2ccccc2c1. The molecule has 1 nitrogen and oxygen atoms in total. The van der Waals surface area contributed by atoms with Gasteiger partial charge in [0, 0.05) is 5.92 Å². The summed E-state index contributed by atoms with van der Waals surface area (Å²) in [6, 6.07) is 14.7. The summed E-state index contributed by atoms with van der Waals surface area (Å²) < 4.78 is 0. The first-order valence-corrected chi connectivity index (χ1v) is 6.36. The molecule has 0 bridgehead atoms. The summed E-state index contributed by atoms with van der Waals surface area (Å²) in [7, 11) is 0. The second kappa shape index (κ2) is 4.95. The van der Waals surface area contributed by atoms with Crippen LogP contribution in [-0.2, 0) is 0 Å². The smallest absolute Gasteiger partial charge is 0.0719 e. The van der Waals surface area contributed by atoms with E-state index < -0.39 is 5.60 Å². The summed E-state index contributed by atoms with van der Waals surface area (Å²) >= 11 is 0. The van der Waals surface area contributed by atoms with Crippen molar-refractivity contribution >= 4 is 10.8 Å². The molecule has 0 aliphatic rings. The maximum atomic E-state index is 10.4. The number of hydrogen-bond donors (Lipinski definition) is 1. The van der Waals surface area contributed by atoms with Crippen molar-refractivity contribution in [1.82, 2.24) is 0 Å². The molecule has 0 aromatic heterocycles. The normalized spacial score (nSPS) is 16.2. The van der Waals surface area contributed by atoms with E-state index in [1.807, 2.05) is 19.1 Å². The summed E-state index contributed by atoms with van der Waals surface area (Å²) in [5.74, 6) is 0.0834. The minimum Gasteiger partial charge on any atom is -0.389 e. The molecule has 2 rings (SSSR count). The van der Waals surface area contributed by atoms with Crippen molar-refractivity contribution in [2.75, 3.05) is 0 Å². The molecule has 94 valence electrons. The molecule has 0 saturated carbocycles. The largest absolute Gasteiger partial charge is 0.389 e.